The molecule has 1 aliphatic rings. The molecule has 2 aromatic heterocycles. The van der Waals surface area contributed by atoms with E-state index in [1.807, 2.05) is 28.9 Å². The van der Waals surface area contributed by atoms with Crippen molar-refractivity contribution in [3.05, 3.63) is 78.5 Å². The van der Waals surface area contributed by atoms with E-state index in [0.717, 1.165) is 40.6 Å². The third kappa shape index (κ3) is 4.64. The molecule has 6 heteroatoms. The fourth-order valence-electron chi connectivity index (χ4n) is 3.86. The predicted molar refractivity (Wildman–Crippen MR) is 132 cm³/mol. The van der Waals surface area contributed by atoms with Gasteiger partial charge in [-0.15, -0.1) is 5.10 Å². The molecule has 1 aliphatic heterocycles. The maximum Gasteiger partial charge on any atom is 0.154 e. The Bertz CT molecular complexity index is 1250. The fraction of sp³-hybridized carbons (Fsp3) is 0.231. The molecule has 5 rings (SSSR count). The molecule has 2 aromatic carbocycles. The number of nitrogens with one attached hydrogen (secondary N) is 2. The van der Waals surface area contributed by atoms with Gasteiger partial charge in [0, 0.05) is 16.5 Å². The van der Waals surface area contributed by atoms with Crippen molar-refractivity contribution in [3.63, 3.8) is 0 Å². The van der Waals surface area contributed by atoms with Crippen LogP contribution in [0.3, 0.4) is 0 Å². The number of benzene rings is 2. The zero-order valence-corrected chi connectivity index (χ0v) is 18.8. The van der Waals surface area contributed by atoms with Gasteiger partial charge in [0.2, 0.25) is 0 Å². The van der Waals surface area contributed by atoms with Crippen molar-refractivity contribution in [3.8, 4) is 22.4 Å². The third-order valence-electron chi connectivity index (χ3n) is 5.64. The first-order valence-corrected chi connectivity index (χ1v) is 11.8. The van der Waals surface area contributed by atoms with Gasteiger partial charge in [0.05, 0.1) is 17.9 Å². The summed E-state index contributed by atoms with van der Waals surface area (Å²) in [4.78, 5) is 5.67. The van der Waals surface area contributed by atoms with Crippen molar-refractivity contribution in [1.82, 2.24) is 19.9 Å². The normalized spacial score (nSPS) is 16.5. The summed E-state index contributed by atoms with van der Waals surface area (Å²) in [6.07, 6.45) is 4.24. The Morgan fingerprint density at radius 2 is 1.94 bits per heavy atom. The molecular formula is C26H25N5S. The average molecular weight is 440 g/mol. The van der Waals surface area contributed by atoms with E-state index in [0.29, 0.717) is 6.04 Å². The van der Waals surface area contributed by atoms with E-state index in [9.17, 15) is 0 Å². The fourth-order valence-corrected chi connectivity index (χ4v) is 4.45. The van der Waals surface area contributed by atoms with Gasteiger partial charge in [-0.05, 0) is 73.2 Å². The van der Waals surface area contributed by atoms with Crippen molar-refractivity contribution in [2.24, 2.45) is 0 Å². The molecule has 0 spiro atoms. The van der Waals surface area contributed by atoms with E-state index in [4.69, 9.17) is 5.10 Å². The zero-order chi connectivity index (χ0) is 21.8. The van der Waals surface area contributed by atoms with Gasteiger partial charge in [-0.25, -0.2) is 9.50 Å². The molecule has 0 amide bonds. The van der Waals surface area contributed by atoms with Crippen LogP contribution in [0.25, 0.3) is 16.9 Å². The number of fused-ring (bicyclic) bond motifs is 1. The van der Waals surface area contributed by atoms with Crippen LogP contribution in [-0.4, -0.2) is 27.2 Å². The van der Waals surface area contributed by atoms with Crippen LogP contribution in [0.2, 0.25) is 0 Å². The Balaban J connectivity index is 1.33. The third-order valence-corrected chi connectivity index (χ3v) is 6.37. The molecule has 160 valence electrons. The lowest BCUT2D eigenvalue weighted by Gasteiger charge is -2.15. The summed E-state index contributed by atoms with van der Waals surface area (Å²) in [6.45, 7) is 3.21. The molecule has 1 fully saturated rings. The minimum atomic E-state index is 0.157. The van der Waals surface area contributed by atoms with Crippen molar-refractivity contribution in [2.45, 2.75) is 36.7 Å². The lowest BCUT2D eigenvalue weighted by molar-refractivity contribution is 0.749. The largest absolute Gasteiger partial charge is 0.362 e. The Kier molecular flexibility index (Phi) is 6.11. The molecule has 2 atom stereocenters. The zero-order valence-electron chi connectivity index (χ0n) is 18.0. The average Bonchev–Trinajstić information content (AvgIpc) is 3.50. The predicted octanol–water partition coefficient (Wildman–Crippen LogP) is 5.37. The second-order valence-electron chi connectivity index (χ2n) is 7.93. The second kappa shape index (κ2) is 9.47. The van der Waals surface area contributed by atoms with Gasteiger partial charge in [0.1, 0.15) is 5.82 Å². The van der Waals surface area contributed by atoms with E-state index < -0.39 is 0 Å². The number of rotatable bonds is 5. The molecule has 32 heavy (non-hydrogen) atoms. The molecule has 0 saturated carbocycles. The van der Waals surface area contributed by atoms with E-state index in [2.05, 4.69) is 82.2 Å². The van der Waals surface area contributed by atoms with Gasteiger partial charge in [0.15, 0.2) is 5.65 Å². The summed E-state index contributed by atoms with van der Waals surface area (Å²) in [6, 6.07) is 23.3. The molecule has 0 aliphatic carbocycles. The number of nitrogens with zero attached hydrogens (tertiary/aromatic N) is 3. The maximum absolute atomic E-state index is 4.80. The SMILES string of the molecule is C[C@@H](Nc1ccc2ncc(-c3ccc(SC#C[C@@H]4CCCN4)cc3)n2n1)c1ccccc1. The highest BCUT2D eigenvalue weighted by Gasteiger charge is 2.11. The van der Waals surface area contributed by atoms with Crippen molar-refractivity contribution < 1.29 is 0 Å². The number of thioether (sulfide) groups is 1. The van der Waals surface area contributed by atoms with Crippen LogP contribution in [0.1, 0.15) is 31.4 Å². The lowest BCUT2D eigenvalue weighted by atomic mass is 10.1. The molecular weight excluding hydrogens is 414 g/mol. The number of hydrogen-bond acceptors (Lipinski definition) is 5. The monoisotopic (exact) mass is 439 g/mol. The van der Waals surface area contributed by atoms with Gasteiger partial charge >= 0.3 is 0 Å². The number of hydrogen-bond donors (Lipinski definition) is 2. The Hall–Kier alpha value is -3.27. The topological polar surface area (TPSA) is 54.2 Å². The van der Waals surface area contributed by atoms with Crippen LogP contribution < -0.4 is 10.6 Å². The maximum atomic E-state index is 4.80. The smallest absolute Gasteiger partial charge is 0.154 e. The van der Waals surface area contributed by atoms with Crippen LogP contribution in [0.15, 0.2) is 77.8 Å². The standard InChI is InChI=1S/C26H25N5S/c1-19(20-6-3-2-4-7-20)29-25-13-14-26-28-18-24(31(26)30-25)21-9-11-23(12-10-21)32-17-15-22-8-5-16-27-22/h2-4,6-7,9-14,18-19,22,27H,5,8,16H2,1H3,(H,29,30)/t19-,22+/m1/s1. The summed E-state index contributed by atoms with van der Waals surface area (Å²) in [7, 11) is 0. The summed E-state index contributed by atoms with van der Waals surface area (Å²) in [5, 5.41) is 14.9. The first kappa shape index (κ1) is 20.6. The van der Waals surface area contributed by atoms with E-state index in [-0.39, 0.29) is 6.04 Å². The highest BCUT2D eigenvalue weighted by molar-refractivity contribution is 8.03. The van der Waals surface area contributed by atoms with E-state index in [1.54, 1.807) is 11.8 Å². The number of imidazole rings is 1. The molecule has 0 bridgehead atoms. The molecule has 1 saturated heterocycles. The van der Waals surface area contributed by atoms with E-state index >= 15 is 0 Å². The van der Waals surface area contributed by atoms with Gasteiger partial charge in [-0.2, -0.15) is 0 Å². The van der Waals surface area contributed by atoms with Crippen LogP contribution in [0.5, 0.6) is 0 Å². The van der Waals surface area contributed by atoms with Crippen LogP contribution in [-0.2, 0) is 0 Å². The minimum absolute atomic E-state index is 0.157. The Morgan fingerprint density at radius 1 is 1.09 bits per heavy atom. The second-order valence-corrected chi connectivity index (χ2v) is 8.81. The Morgan fingerprint density at radius 3 is 2.72 bits per heavy atom. The first-order valence-electron chi connectivity index (χ1n) is 10.9. The highest BCUT2D eigenvalue weighted by atomic mass is 32.2. The van der Waals surface area contributed by atoms with Gasteiger partial charge < -0.3 is 10.6 Å². The summed E-state index contributed by atoms with van der Waals surface area (Å²) in [5.74, 6) is 4.12. The summed E-state index contributed by atoms with van der Waals surface area (Å²) in [5.41, 5.74) is 4.09. The van der Waals surface area contributed by atoms with Gasteiger partial charge in [-0.1, -0.05) is 48.4 Å². The van der Waals surface area contributed by atoms with Crippen LogP contribution in [0.4, 0.5) is 5.82 Å². The van der Waals surface area contributed by atoms with Crippen molar-refractivity contribution in [2.75, 3.05) is 11.9 Å². The van der Waals surface area contributed by atoms with E-state index in [1.165, 1.54) is 12.0 Å². The molecule has 2 N–H and O–H groups in total. The van der Waals surface area contributed by atoms with Gasteiger partial charge in [-0.3, -0.25) is 0 Å². The molecule has 4 aromatic rings. The summed E-state index contributed by atoms with van der Waals surface area (Å²) >= 11 is 1.57. The molecule has 5 nitrogen and oxygen atoms in total. The van der Waals surface area contributed by atoms with Crippen LogP contribution >= 0.6 is 11.8 Å². The van der Waals surface area contributed by atoms with Gasteiger partial charge in [0.25, 0.3) is 0 Å². The van der Waals surface area contributed by atoms with Crippen molar-refractivity contribution >= 4 is 23.2 Å². The molecule has 0 unspecified atom stereocenters. The molecule has 0 radical (unpaired) electrons. The number of aromatic nitrogens is 3. The quantitative estimate of drug-likeness (QED) is 0.323. The highest BCUT2D eigenvalue weighted by Crippen LogP contribution is 2.25. The molecule has 3 heterocycles. The minimum Gasteiger partial charge on any atom is -0.362 e. The summed E-state index contributed by atoms with van der Waals surface area (Å²) < 4.78 is 1.90. The number of anilines is 1. The van der Waals surface area contributed by atoms with Crippen molar-refractivity contribution in [1.29, 1.82) is 0 Å². The first-order chi connectivity index (χ1) is 15.8. The van der Waals surface area contributed by atoms with Crippen LogP contribution in [0, 0.1) is 11.2 Å². The lowest BCUT2D eigenvalue weighted by Crippen LogP contribution is -2.18. The Labute approximate surface area is 192 Å².